The summed E-state index contributed by atoms with van der Waals surface area (Å²) in [6.45, 7) is 2.09. The second-order valence-electron chi connectivity index (χ2n) is 8.89. The van der Waals surface area contributed by atoms with Gasteiger partial charge in [0.1, 0.15) is 0 Å². The van der Waals surface area contributed by atoms with E-state index in [-0.39, 0.29) is 6.10 Å². The molecule has 0 saturated carbocycles. The Bertz CT molecular complexity index is 1490. The number of hydrogen-bond acceptors (Lipinski definition) is 3. The molecule has 5 aromatic carbocycles. The zero-order valence-electron chi connectivity index (χ0n) is 19.4. The molecule has 1 heterocycles. The molecule has 0 spiro atoms. The summed E-state index contributed by atoms with van der Waals surface area (Å²) in [7, 11) is 0. The minimum absolute atomic E-state index is 0.0456. The standard InChI is InChI=1S/C30H25O3PSe/c1-21(15-16-22-9-3-2-4-10-22)31-34(35)32-27-19-17-23-11-5-7-13-25(23)29(27)30-26-14-8-6-12-24(26)18-20-28(30)33-34/h2-14,17-21H,15-16H2,1H3. The van der Waals surface area contributed by atoms with Gasteiger partial charge in [0.25, 0.3) is 0 Å². The third kappa shape index (κ3) is 4.44. The van der Waals surface area contributed by atoms with Gasteiger partial charge in [-0.1, -0.05) is 0 Å². The van der Waals surface area contributed by atoms with Gasteiger partial charge >= 0.3 is 214 Å². The van der Waals surface area contributed by atoms with Gasteiger partial charge in [0, 0.05) is 0 Å². The predicted molar refractivity (Wildman–Crippen MR) is 146 cm³/mol. The number of aryl methyl sites for hydroxylation is 1. The second kappa shape index (κ2) is 9.30. The first kappa shape index (κ1) is 22.6. The van der Waals surface area contributed by atoms with Gasteiger partial charge in [-0.25, -0.2) is 0 Å². The van der Waals surface area contributed by atoms with Crippen molar-refractivity contribution in [3.05, 3.63) is 109 Å². The van der Waals surface area contributed by atoms with E-state index in [1.807, 2.05) is 18.2 Å². The minimum atomic E-state index is -2.83. The molecule has 1 aliphatic heterocycles. The SMILES string of the molecule is CC(CCc1ccccc1)OP1(=[Se])Oc2ccc3ccccc3c2-c2c(ccc3ccccc23)O1. The Balaban J connectivity index is 1.44. The summed E-state index contributed by atoms with van der Waals surface area (Å²) >= 11 is 3.18. The van der Waals surface area contributed by atoms with Gasteiger partial charge in [-0.3, -0.25) is 0 Å². The maximum atomic E-state index is 6.62. The molecule has 35 heavy (non-hydrogen) atoms. The van der Waals surface area contributed by atoms with Gasteiger partial charge in [0.15, 0.2) is 0 Å². The van der Waals surface area contributed by atoms with E-state index in [0.29, 0.717) is 0 Å². The molecule has 0 fully saturated rings. The molecule has 1 unspecified atom stereocenters. The van der Waals surface area contributed by atoms with E-state index in [1.165, 1.54) is 5.56 Å². The van der Waals surface area contributed by atoms with E-state index < -0.39 is 6.19 Å². The van der Waals surface area contributed by atoms with E-state index in [2.05, 4.69) is 107 Å². The van der Waals surface area contributed by atoms with Crippen LogP contribution in [0.25, 0.3) is 32.7 Å². The molecule has 0 aromatic heterocycles. The Morgan fingerprint density at radius 3 is 1.77 bits per heavy atom. The molecule has 3 nitrogen and oxygen atoms in total. The molecule has 1 aliphatic rings. The van der Waals surface area contributed by atoms with Crippen LogP contribution in [-0.2, 0) is 10.9 Å². The van der Waals surface area contributed by atoms with Crippen LogP contribution in [0.15, 0.2) is 103 Å². The molecule has 6 rings (SSSR count). The molecular weight excluding hydrogens is 518 g/mol. The fourth-order valence-corrected chi connectivity index (χ4v) is 8.15. The third-order valence-corrected chi connectivity index (χ3v) is 9.38. The van der Waals surface area contributed by atoms with Gasteiger partial charge < -0.3 is 0 Å². The van der Waals surface area contributed by atoms with Crippen LogP contribution in [0.3, 0.4) is 0 Å². The Hall–Kier alpha value is -2.87. The summed E-state index contributed by atoms with van der Waals surface area (Å²) in [4.78, 5) is 0. The van der Waals surface area contributed by atoms with Crippen LogP contribution >= 0.6 is 6.19 Å². The summed E-state index contributed by atoms with van der Waals surface area (Å²) in [6.07, 6.45) is -1.07. The zero-order valence-corrected chi connectivity index (χ0v) is 22.0. The van der Waals surface area contributed by atoms with Crippen LogP contribution < -0.4 is 9.05 Å². The van der Waals surface area contributed by atoms with E-state index in [0.717, 1.165) is 57.0 Å². The van der Waals surface area contributed by atoms with Crippen molar-refractivity contribution in [2.45, 2.75) is 25.9 Å². The zero-order chi connectivity index (χ0) is 23.8. The van der Waals surface area contributed by atoms with E-state index in [9.17, 15) is 0 Å². The Labute approximate surface area is 213 Å². The first-order valence-electron chi connectivity index (χ1n) is 11.9. The van der Waals surface area contributed by atoms with E-state index >= 15 is 0 Å². The maximum absolute atomic E-state index is 6.62. The molecule has 5 aromatic rings. The fourth-order valence-electron chi connectivity index (χ4n) is 4.76. The molecule has 0 N–H and O–H groups in total. The Kier molecular flexibility index (Phi) is 6.00. The average molecular weight is 543 g/mol. The molecule has 0 amide bonds. The molecule has 1 atom stereocenters. The van der Waals surface area contributed by atoms with Crippen molar-refractivity contribution in [2.24, 2.45) is 0 Å². The van der Waals surface area contributed by atoms with Crippen molar-refractivity contribution in [1.29, 1.82) is 0 Å². The molecule has 0 aliphatic carbocycles. The first-order valence-corrected chi connectivity index (χ1v) is 15.6. The molecule has 0 saturated heterocycles. The van der Waals surface area contributed by atoms with Crippen LogP contribution in [0.5, 0.6) is 11.5 Å². The number of fused-ring (bicyclic) bond motifs is 7. The normalized spacial score (nSPS) is 14.9. The van der Waals surface area contributed by atoms with Crippen LogP contribution in [0, 0.1) is 0 Å². The number of benzene rings is 5. The van der Waals surface area contributed by atoms with Crippen molar-refractivity contribution in [2.75, 3.05) is 0 Å². The van der Waals surface area contributed by atoms with Gasteiger partial charge in [0.2, 0.25) is 0 Å². The summed E-state index contributed by atoms with van der Waals surface area (Å²) < 4.78 is 19.8. The summed E-state index contributed by atoms with van der Waals surface area (Å²) in [5.74, 6) is 1.56. The van der Waals surface area contributed by atoms with Gasteiger partial charge in [0.05, 0.1) is 0 Å². The molecule has 0 bridgehead atoms. The molecular formula is C30H25O3PSe. The van der Waals surface area contributed by atoms with Crippen molar-refractivity contribution in [3.8, 4) is 22.6 Å². The fraction of sp³-hybridized carbons (Fsp3) is 0.133. The van der Waals surface area contributed by atoms with Gasteiger partial charge in [-0.2, -0.15) is 0 Å². The van der Waals surface area contributed by atoms with Crippen molar-refractivity contribution < 1.29 is 13.6 Å². The summed E-state index contributed by atoms with van der Waals surface area (Å²) in [5, 5.41) is 4.60. The second-order valence-corrected chi connectivity index (χ2v) is 13.2. The molecule has 5 heteroatoms. The topological polar surface area (TPSA) is 27.7 Å². The van der Waals surface area contributed by atoms with Crippen molar-refractivity contribution in [3.63, 3.8) is 0 Å². The van der Waals surface area contributed by atoms with Crippen molar-refractivity contribution in [1.82, 2.24) is 0 Å². The first-order chi connectivity index (χ1) is 17.1. The summed E-state index contributed by atoms with van der Waals surface area (Å²) in [6, 6.07) is 35.6. The quantitative estimate of drug-likeness (QED) is 0.165. The van der Waals surface area contributed by atoms with Gasteiger partial charge in [-0.15, -0.1) is 0 Å². The Morgan fingerprint density at radius 2 is 1.20 bits per heavy atom. The van der Waals surface area contributed by atoms with E-state index in [1.54, 1.807) is 0 Å². The van der Waals surface area contributed by atoms with Crippen LogP contribution in [0.1, 0.15) is 18.9 Å². The van der Waals surface area contributed by atoms with E-state index in [4.69, 9.17) is 13.6 Å². The summed E-state index contributed by atoms with van der Waals surface area (Å²) in [5.41, 5.74) is 3.40. The number of rotatable bonds is 5. The Morgan fingerprint density at radius 1 is 0.686 bits per heavy atom. The predicted octanol–water partition coefficient (Wildman–Crippen LogP) is 8.32. The molecule has 174 valence electrons. The van der Waals surface area contributed by atoms with Crippen LogP contribution in [0.2, 0.25) is 0 Å². The third-order valence-electron chi connectivity index (χ3n) is 6.44. The van der Waals surface area contributed by atoms with Crippen LogP contribution in [0.4, 0.5) is 0 Å². The number of hydrogen-bond donors (Lipinski definition) is 0. The monoisotopic (exact) mass is 544 g/mol. The molecule has 0 radical (unpaired) electrons. The average Bonchev–Trinajstić information content (AvgIpc) is 3.01. The van der Waals surface area contributed by atoms with Crippen molar-refractivity contribution >= 4 is 42.8 Å². The van der Waals surface area contributed by atoms with Crippen LogP contribution in [-0.4, -0.2) is 21.2 Å². The van der Waals surface area contributed by atoms with Gasteiger partial charge in [-0.05, 0) is 0 Å².